The minimum absolute atomic E-state index is 0.0735. The fourth-order valence-corrected chi connectivity index (χ4v) is 7.57. The number of carbonyl (C=O) groups excluding carboxylic acids is 2. The second-order valence-corrected chi connectivity index (χ2v) is 12.1. The van der Waals surface area contributed by atoms with Crippen LogP contribution in [-0.2, 0) is 24.3 Å². The van der Waals surface area contributed by atoms with Gasteiger partial charge in [-0.1, -0.05) is 29.3 Å². The predicted octanol–water partition coefficient (Wildman–Crippen LogP) is 1.96. The maximum absolute atomic E-state index is 13.4. The second-order valence-electron chi connectivity index (χ2n) is 9.29. The number of anilines is 1. The number of amides is 2. The van der Waals surface area contributed by atoms with Gasteiger partial charge < -0.3 is 19.3 Å². The van der Waals surface area contributed by atoms with Crippen molar-refractivity contribution in [2.45, 2.75) is 25.4 Å². The Morgan fingerprint density at radius 1 is 1.11 bits per heavy atom. The number of para-hydroxylation sites is 1. The molecule has 1 unspecified atom stereocenters. The third-order valence-electron chi connectivity index (χ3n) is 7.06. The molecule has 3 heterocycles. The van der Waals surface area contributed by atoms with E-state index >= 15 is 0 Å². The number of nitrogens with one attached hydrogen (secondary N) is 1. The van der Waals surface area contributed by atoms with E-state index in [1.807, 2.05) is 4.90 Å². The zero-order valence-electron chi connectivity index (χ0n) is 19.7. The molecular weight excluding hydrogens is 535 g/mol. The summed E-state index contributed by atoms with van der Waals surface area (Å²) in [5.41, 5.74) is 0.927. The van der Waals surface area contributed by atoms with Crippen LogP contribution in [0, 0.1) is 5.41 Å². The summed E-state index contributed by atoms with van der Waals surface area (Å²) in [6, 6.07) is 5.20. The molecule has 1 atom stereocenters. The van der Waals surface area contributed by atoms with Gasteiger partial charge >= 0.3 is 6.09 Å². The molecule has 11 nitrogen and oxygen atoms in total. The average Bonchev–Trinajstić information content (AvgIpc) is 3.37. The van der Waals surface area contributed by atoms with Gasteiger partial charge in [-0.25, -0.2) is 18.7 Å². The lowest BCUT2D eigenvalue weighted by atomic mass is 9.79. The van der Waals surface area contributed by atoms with Crippen molar-refractivity contribution in [1.82, 2.24) is 14.7 Å². The fraction of sp³-hybridized carbons (Fsp3) is 0.636. The molecule has 36 heavy (non-hydrogen) atoms. The summed E-state index contributed by atoms with van der Waals surface area (Å²) in [6.45, 7) is 2.31. The molecule has 0 aromatic heterocycles. The largest absolute Gasteiger partial charge is 0.444 e. The maximum Gasteiger partial charge on any atom is 0.410 e. The molecule has 200 valence electrons. The van der Waals surface area contributed by atoms with E-state index in [2.05, 4.69) is 0 Å². The summed E-state index contributed by atoms with van der Waals surface area (Å²) < 4.78 is 38.7. The number of benzene rings is 1. The summed E-state index contributed by atoms with van der Waals surface area (Å²) >= 11 is 12.6. The lowest BCUT2D eigenvalue weighted by Gasteiger charge is -2.41. The van der Waals surface area contributed by atoms with Crippen LogP contribution >= 0.6 is 23.2 Å². The van der Waals surface area contributed by atoms with Gasteiger partial charge in [-0.15, -0.1) is 0 Å². The number of likely N-dealkylation sites (tertiary alicyclic amines) is 1. The molecule has 0 spiro atoms. The van der Waals surface area contributed by atoms with Crippen LogP contribution < -0.4 is 10.4 Å². The number of halogens is 2. The lowest BCUT2D eigenvalue weighted by molar-refractivity contribution is -0.141. The van der Waals surface area contributed by atoms with E-state index in [1.165, 1.54) is 9.21 Å². The van der Waals surface area contributed by atoms with Gasteiger partial charge in [0.1, 0.15) is 6.10 Å². The summed E-state index contributed by atoms with van der Waals surface area (Å²) in [6.07, 6.45) is -0.0379. The number of hydrogen-bond acceptors (Lipinski definition) is 8. The summed E-state index contributed by atoms with van der Waals surface area (Å²) in [7, 11) is -3.86. The van der Waals surface area contributed by atoms with Crippen molar-refractivity contribution < 1.29 is 32.7 Å². The van der Waals surface area contributed by atoms with Crippen LogP contribution in [0.15, 0.2) is 18.2 Å². The zero-order valence-corrected chi connectivity index (χ0v) is 22.0. The summed E-state index contributed by atoms with van der Waals surface area (Å²) in [5.74, 6) is -1.25. The summed E-state index contributed by atoms with van der Waals surface area (Å²) in [5, 5.41) is 10.4. The van der Waals surface area contributed by atoms with Crippen molar-refractivity contribution in [3.05, 3.63) is 28.2 Å². The Morgan fingerprint density at radius 2 is 1.75 bits per heavy atom. The SMILES string of the molecule is O=C(OC1CCOC1)N1CCC(CS(=O)(=O)N2CCN(c3c(Cl)cccc3Cl)CC2)(C(=O)NO)CC1. The third kappa shape index (κ3) is 5.84. The molecule has 2 amide bonds. The van der Waals surface area contributed by atoms with Crippen molar-refractivity contribution in [3.8, 4) is 0 Å². The van der Waals surface area contributed by atoms with Gasteiger partial charge in [0.15, 0.2) is 0 Å². The van der Waals surface area contributed by atoms with Crippen LogP contribution in [0.3, 0.4) is 0 Å². The van der Waals surface area contributed by atoms with Gasteiger partial charge in [-0.2, -0.15) is 4.31 Å². The zero-order chi connectivity index (χ0) is 25.9. The van der Waals surface area contributed by atoms with Crippen LogP contribution in [0.2, 0.25) is 10.0 Å². The number of nitrogens with zero attached hydrogens (tertiary/aromatic N) is 3. The number of piperazine rings is 1. The Balaban J connectivity index is 1.39. The minimum Gasteiger partial charge on any atom is -0.444 e. The minimum atomic E-state index is -3.86. The molecule has 14 heteroatoms. The number of hydroxylamine groups is 1. The third-order valence-corrected chi connectivity index (χ3v) is 9.74. The summed E-state index contributed by atoms with van der Waals surface area (Å²) in [4.78, 5) is 28.6. The molecular formula is C22H30Cl2N4O7S. The molecule has 0 saturated carbocycles. The van der Waals surface area contributed by atoms with Crippen molar-refractivity contribution >= 4 is 50.9 Å². The first-order chi connectivity index (χ1) is 17.1. The molecule has 0 radical (unpaired) electrons. The molecule has 3 aliphatic rings. The van der Waals surface area contributed by atoms with Crippen molar-refractivity contribution in [2.75, 3.05) is 63.1 Å². The molecule has 0 aliphatic carbocycles. The normalized spacial score (nSPS) is 22.9. The maximum atomic E-state index is 13.4. The lowest BCUT2D eigenvalue weighted by Crippen LogP contribution is -2.56. The Morgan fingerprint density at radius 3 is 2.31 bits per heavy atom. The molecule has 1 aromatic carbocycles. The highest BCUT2D eigenvalue weighted by atomic mass is 35.5. The number of ether oxygens (including phenoxy) is 2. The van der Waals surface area contributed by atoms with E-state index < -0.39 is 33.2 Å². The average molecular weight is 565 g/mol. The standard InChI is InChI=1S/C22H30Cl2N4O7S/c23-17-2-1-3-18(24)19(17)26-9-11-28(12-10-26)36(32,33)15-22(20(29)25-31)5-7-27(8-6-22)21(30)35-16-4-13-34-14-16/h1-3,16,31H,4-15H2,(H,25,29). The van der Waals surface area contributed by atoms with Gasteiger partial charge in [0.2, 0.25) is 10.0 Å². The smallest absolute Gasteiger partial charge is 0.410 e. The Bertz CT molecular complexity index is 1050. The second kappa shape index (κ2) is 11.3. The van der Waals surface area contributed by atoms with E-state index in [9.17, 15) is 23.2 Å². The highest BCUT2D eigenvalue weighted by Crippen LogP contribution is 2.37. The molecule has 4 rings (SSSR count). The van der Waals surface area contributed by atoms with E-state index in [1.54, 1.807) is 23.7 Å². The van der Waals surface area contributed by atoms with E-state index in [0.717, 1.165) is 0 Å². The fourth-order valence-electron chi connectivity index (χ4n) is 4.92. The first-order valence-electron chi connectivity index (χ1n) is 11.8. The van der Waals surface area contributed by atoms with Gasteiger partial charge in [-0.3, -0.25) is 10.0 Å². The Labute approximate surface area is 220 Å². The Hall–Kier alpha value is -1.83. The van der Waals surface area contributed by atoms with E-state index in [-0.39, 0.29) is 45.1 Å². The first-order valence-corrected chi connectivity index (χ1v) is 14.2. The number of rotatable bonds is 6. The number of hydrogen-bond donors (Lipinski definition) is 2. The quantitative estimate of drug-likeness (QED) is 0.396. The predicted molar refractivity (Wildman–Crippen MR) is 133 cm³/mol. The van der Waals surface area contributed by atoms with Crippen molar-refractivity contribution in [3.63, 3.8) is 0 Å². The van der Waals surface area contributed by atoms with Gasteiger partial charge in [0.05, 0.1) is 40.1 Å². The van der Waals surface area contributed by atoms with Crippen LogP contribution in [-0.4, -0.2) is 99.2 Å². The monoisotopic (exact) mass is 564 g/mol. The number of piperidine rings is 1. The molecule has 2 N–H and O–H groups in total. The molecule has 1 aromatic rings. The highest BCUT2D eigenvalue weighted by molar-refractivity contribution is 7.89. The first kappa shape index (κ1) is 27.2. The van der Waals surface area contributed by atoms with Crippen LogP contribution in [0.4, 0.5) is 10.5 Å². The van der Waals surface area contributed by atoms with Gasteiger partial charge in [-0.05, 0) is 25.0 Å². The topological polar surface area (TPSA) is 129 Å². The highest BCUT2D eigenvalue weighted by Gasteiger charge is 2.47. The van der Waals surface area contributed by atoms with Crippen LogP contribution in [0.25, 0.3) is 0 Å². The van der Waals surface area contributed by atoms with Gasteiger partial charge in [0.25, 0.3) is 5.91 Å². The molecule has 3 saturated heterocycles. The molecule has 0 bridgehead atoms. The van der Waals surface area contributed by atoms with E-state index in [4.69, 9.17) is 32.7 Å². The molecule has 3 aliphatic heterocycles. The number of sulfonamides is 1. The van der Waals surface area contributed by atoms with Gasteiger partial charge in [0, 0.05) is 45.7 Å². The van der Waals surface area contributed by atoms with E-state index in [0.29, 0.717) is 48.5 Å². The van der Waals surface area contributed by atoms with Crippen molar-refractivity contribution in [1.29, 1.82) is 0 Å². The van der Waals surface area contributed by atoms with Crippen molar-refractivity contribution in [2.24, 2.45) is 5.41 Å². The van der Waals surface area contributed by atoms with Crippen LogP contribution in [0.5, 0.6) is 0 Å². The van der Waals surface area contributed by atoms with Crippen LogP contribution in [0.1, 0.15) is 19.3 Å². The molecule has 3 fully saturated rings. The Kier molecular flexibility index (Phi) is 8.52. The number of carbonyl (C=O) groups is 2.